The van der Waals surface area contributed by atoms with Crippen LogP contribution in [0.15, 0.2) is 79.1 Å². The molecule has 0 aliphatic carbocycles. The number of benzene rings is 2. The lowest BCUT2D eigenvalue weighted by molar-refractivity contribution is 0.402. The smallest absolute Gasteiger partial charge is 0.159 e. The average molecular weight is 395 g/mol. The van der Waals surface area contributed by atoms with Crippen molar-refractivity contribution in [3.05, 3.63) is 95.9 Å². The molecule has 0 saturated carbocycles. The highest BCUT2D eigenvalue weighted by Gasteiger charge is 2.22. The quantitative estimate of drug-likeness (QED) is 0.474. The van der Waals surface area contributed by atoms with E-state index in [2.05, 4.69) is 69.6 Å². The maximum atomic E-state index is 4.70. The zero-order valence-electron chi connectivity index (χ0n) is 17.1. The maximum absolute atomic E-state index is 4.70. The second-order valence-electron chi connectivity index (χ2n) is 8.17. The molecule has 1 fully saturated rings. The first-order valence-corrected chi connectivity index (χ1v) is 10.8. The zero-order valence-corrected chi connectivity index (χ0v) is 17.1. The van der Waals surface area contributed by atoms with E-state index in [1.807, 2.05) is 24.5 Å². The average Bonchev–Trinajstić information content (AvgIpc) is 2.81. The summed E-state index contributed by atoms with van der Waals surface area (Å²) in [5, 5.41) is 11.8. The molecule has 0 unspecified atom stereocenters. The van der Waals surface area contributed by atoms with Gasteiger partial charge in [0.15, 0.2) is 5.82 Å². The van der Waals surface area contributed by atoms with Crippen LogP contribution in [-0.4, -0.2) is 28.3 Å². The lowest BCUT2D eigenvalue weighted by atomic mass is 9.90. The lowest BCUT2D eigenvalue weighted by Crippen LogP contribution is -2.35. The van der Waals surface area contributed by atoms with Gasteiger partial charge in [-0.2, -0.15) is 5.10 Å². The van der Waals surface area contributed by atoms with Crippen molar-refractivity contribution in [2.75, 3.05) is 18.0 Å². The maximum Gasteiger partial charge on any atom is 0.159 e. The predicted molar refractivity (Wildman–Crippen MR) is 122 cm³/mol. The molecule has 0 atom stereocenters. The van der Waals surface area contributed by atoms with Crippen LogP contribution >= 0.6 is 0 Å². The van der Waals surface area contributed by atoms with E-state index in [4.69, 9.17) is 5.10 Å². The van der Waals surface area contributed by atoms with E-state index >= 15 is 0 Å². The number of pyridine rings is 1. The molecular weight excluding hydrogens is 368 g/mol. The third-order valence-electron chi connectivity index (χ3n) is 6.15. The molecule has 4 nitrogen and oxygen atoms in total. The van der Waals surface area contributed by atoms with Crippen LogP contribution in [0.1, 0.15) is 29.7 Å². The van der Waals surface area contributed by atoms with Gasteiger partial charge in [-0.3, -0.25) is 4.98 Å². The Balaban J connectivity index is 1.35. The Hall–Kier alpha value is -3.27. The summed E-state index contributed by atoms with van der Waals surface area (Å²) in [6.45, 7) is 2.08. The molecule has 0 amide bonds. The highest BCUT2D eigenvalue weighted by molar-refractivity contribution is 5.93. The summed E-state index contributed by atoms with van der Waals surface area (Å²) < 4.78 is 0. The van der Waals surface area contributed by atoms with Gasteiger partial charge >= 0.3 is 0 Å². The molecular formula is C26H26N4. The van der Waals surface area contributed by atoms with E-state index in [-0.39, 0.29) is 0 Å². The fourth-order valence-electron chi connectivity index (χ4n) is 4.50. The van der Waals surface area contributed by atoms with Crippen LogP contribution in [0.4, 0.5) is 5.82 Å². The van der Waals surface area contributed by atoms with Gasteiger partial charge in [-0.05, 0) is 48.4 Å². The number of piperidine rings is 1. The minimum absolute atomic E-state index is 0.744. The van der Waals surface area contributed by atoms with E-state index in [0.29, 0.717) is 0 Å². The van der Waals surface area contributed by atoms with Crippen LogP contribution in [0.2, 0.25) is 0 Å². The Morgan fingerprint density at radius 3 is 2.20 bits per heavy atom. The Morgan fingerprint density at radius 1 is 0.733 bits per heavy atom. The summed E-state index contributed by atoms with van der Waals surface area (Å²) in [7, 11) is 0. The summed E-state index contributed by atoms with van der Waals surface area (Å²) in [5.74, 6) is 1.77. The molecule has 0 N–H and O–H groups in total. The van der Waals surface area contributed by atoms with Crippen molar-refractivity contribution in [1.82, 2.24) is 15.2 Å². The van der Waals surface area contributed by atoms with Crippen LogP contribution in [0, 0.1) is 5.92 Å². The molecule has 1 aliphatic rings. The molecule has 1 saturated heterocycles. The van der Waals surface area contributed by atoms with Gasteiger partial charge in [0.1, 0.15) is 0 Å². The van der Waals surface area contributed by atoms with Crippen LogP contribution in [0.25, 0.3) is 10.8 Å². The van der Waals surface area contributed by atoms with Crippen LogP contribution in [0.3, 0.4) is 0 Å². The topological polar surface area (TPSA) is 41.9 Å². The molecule has 30 heavy (non-hydrogen) atoms. The Kier molecular flexibility index (Phi) is 5.38. The Morgan fingerprint density at radius 2 is 1.43 bits per heavy atom. The number of anilines is 1. The molecule has 4 heteroatoms. The lowest BCUT2D eigenvalue weighted by Gasteiger charge is -2.33. The van der Waals surface area contributed by atoms with E-state index in [1.54, 1.807) is 0 Å². The molecule has 1 aliphatic heterocycles. The van der Waals surface area contributed by atoms with Gasteiger partial charge in [0.2, 0.25) is 0 Å². The number of fused-ring (bicyclic) bond motifs is 1. The first-order valence-electron chi connectivity index (χ1n) is 10.8. The van der Waals surface area contributed by atoms with Crippen molar-refractivity contribution < 1.29 is 0 Å². The fourth-order valence-corrected chi connectivity index (χ4v) is 4.50. The molecule has 3 heterocycles. The standard InChI is InChI=1S/C26H26N4/c1-2-6-20(7-3-1)18-22-12-16-30(17-13-22)26-24-9-5-4-8-23(24)25(28-29-26)19-21-10-14-27-15-11-21/h1-11,14-15,22H,12-13,16-19H2. The van der Waals surface area contributed by atoms with Gasteiger partial charge in [0.05, 0.1) is 5.69 Å². The van der Waals surface area contributed by atoms with Gasteiger partial charge in [0.25, 0.3) is 0 Å². The molecule has 5 rings (SSSR count). The third kappa shape index (κ3) is 4.04. The zero-order chi connectivity index (χ0) is 20.2. The van der Waals surface area contributed by atoms with Crippen molar-refractivity contribution in [2.45, 2.75) is 25.7 Å². The van der Waals surface area contributed by atoms with Gasteiger partial charge in [0, 0.05) is 42.7 Å². The van der Waals surface area contributed by atoms with Crippen molar-refractivity contribution in [3.63, 3.8) is 0 Å². The summed E-state index contributed by atoms with van der Waals surface area (Å²) >= 11 is 0. The highest BCUT2D eigenvalue weighted by atomic mass is 15.3. The number of hydrogen-bond acceptors (Lipinski definition) is 4. The van der Waals surface area contributed by atoms with Crippen molar-refractivity contribution in [1.29, 1.82) is 0 Å². The van der Waals surface area contributed by atoms with Gasteiger partial charge < -0.3 is 4.90 Å². The summed E-state index contributed by atoms with van der Waals surface area (Å²) in [5.41, 5.74) is 3.68. The number of rotatable bonds is 5. The first kappa shape index (κ1) is 18.7. The van der Waals surface area contributed by atoms with Crippen LogP contribution in [-0.2, 0) is 12.8 Å². The largest absolute Gasteiger partial charge is 0.355 e. The van der Waals surface area contributed by atoms with E-state index in [1.165, 1.54) is 41.2 Å². The van der Waals surface area contributed by atoms with Crippen molar-refractivity contribution in [2.24, 2.45) is 5.92 Å². The normalized spacial score (nSPS) is 14.9. The van der Waals surface area contributed by atoms with E-state index in [0.717, 1.165) is 36.9 Å². The molecule has 0 radical (unpaired) electrons. The van der Waals surface area contributed by atoms with Gasteiger partial charge in [-0.25, -0.2) is 0 Å². The number of aromatic nitrogens is 3. The van der Waals surface area contributed by atoms with Gasteiger partial charge in [-0.15, -0.1) is 5.10 Å². The first-order chi connectivity index (χ1) is 14.9. The molecule has 0 bridgehead atoms. The molecule has 2 aromatic heterocycles. The van der Waals surface area contributed by atoms with E-state index < -0.39 is 0 Å². The molecule has 4 aromatic rings. The fraction of sp³-hybridized carbons (Fsp3) is 0.269. The monoisotopic (exact) mass is 394 g/mol. The summed E-state index contributed by atoms with van der Waals surface area (Å²) in [6, 6.07) is 23.5. The highest BCUT2D eigenvalue weighted by Crippen LogP contribution is 2.30. The second-order valence-corrected chi connectivity index (χ2v) is 8.17. The number of nitrogens with zero attached hydrogens (tertiary/aromatic N) is 4. The summed E-state index contributed by atoms with van der Waals surface area (Å²) in [4.78, 5) is 6.54. The molecule has 0 spiro atoms. The van der Waals surface area contributed by atoms with Crippen molar-refractivity contribution >= 4 is 16.6 Å². The van der Waals surface area contributed by atoms with Crippen LogP contribution < -0.4 is 4.90 Å². The predicted octanol–water partition coefficient (Wildman–Crippen LogP) is 5.07. The van der Waals surface area contributed by atoms with Gasteiger partial charge in [-0.1, -0.05) is 54.6 Å². The van der Waals surface area contributed by atoms with Crippen molar-refractivity contribution in [3.8, 4) is 0 Å². The minimum Gasteiger partial charge on any atom is -0.355 e. The Labute approximate surface area is 177 Å². The molecule has 2 aromatic carbocycles. The minimum atomic E-state index is 0.744. The van der Waals surface area contributed by atoms with E-state index in [9.17, 15) is 0 Å². The third-order valence-corrected chi connectivity index (χ3v) is 6.15. The Bertz CT molecular complexity index is 1100. The number of hydrogen-bond donors (Lipinski definition) is 0. The van der Waals surface area contributed by atoms with Crippen LogP contribution in [0.5, 0.6) is 0 Å². The SMILES string of the molecule is c1ccc(CC2CCN(c3nnc(Cc4ccncc4)c4ccccc34)CC2)cc1. The molecule has 150 valence electrons. The summed E-state index contributed by atoms with van der Waals surface area (Å²) in [6.07, 6.45) is 8.01. The second kappa shape index (κ2) is 8.62.